The number of nitrogens with two attached hydrogens (primary N) is 5. The highest BCUT2D eigenvalue weighted by Gasteiger charge is 2.36. The van der Waals surface area contributed by atoms with Crippen molar-refractivity contribution in [3.05, 3.63) is 0 Å². The molecule has 0 aromatic heterocycles. The topological polar surface area (TPSA) is 475 Å². The van der Waals surface area contributed by atoms with Crippen molar-refractivity contribution in [3.63, 3.8) is 0 Å². The molecule has 0 saturated carbocycles. The van der Waals surface area contributed by atoms with E-state index in [1.807, 2.05) is 0 Å². The van der Waals surface area contributed by atoms with Gasteiger partial charge in [-0.3, -0.25) is 52.9 Å². The monoisotopic (exact) mass is 958 g/mol. The molecular formula is C40H71N13O14. The lowest BCUT2D eigenvalue weighted by atomic mass is 9.98. The Bertz CT molecular complexity index is 1780. The lowest BCUT2D eigenvalue weighted by Crippen LogP contribution is -2.61. The number of rotatable bonds is 33. The largest absolute Gasteiger partial charge is 0.481 e. The first-order valence-corrected chi connectivity index (χ1v) is 21.7. The molecule has 0 spiro atoms. The molecule has 0 bridgehead atoms. The van der Waals surface area contributed by atoms with Gasteiger partial charge in [-0.25, -0.2) is 4.79 Å². The van der Waals surface area contributed by atoms with E-state index in [-0.39, 0.29) is 43.6 Å². The molecule has 0 saturated heterocycles. The Labute approximate surface area is 388 Å². The van der Waals surface area contributed by atoms with Gasteiger partial charge in [-0.1, -0.05) is 48.0 Å². The number of nitrogens with zero attached hydrogens (tertiary/aromatic N) is 1. The van der Waals surface area contributed by atoms with E-state index >= 15 is 0 Å². The van der Waals surface area contributed by atoms with E-state index in [4.69, 9.17) is 28.7 Å². The summed E-state index contributed by atoms with van der Waals surface area (Å²) in [7, 11) is 0. The number of amides is 9. The molecule has 9 amide bonds. The Kier molecular flexibility index (Phi) is 27.5. The van der Waals surface area contributed by atoms with Crippen LogP contribution in [0.3, 0.4) is 0 Å². The van der Waals surface area contributed by atoms with Gasteiger partial charge in [0.1, 0.15) is 42.3 Å². The molecule has 0 aromatic carbocycles. The molecule has 0 unspecified atom stereocenters. The third-order valence-electron chi connectivity index (χ3n) is 10.2. The fraction of sp³-hybridized carbons (Fsp3) is 0.700. The predicted octanol–water partition coefficient (Wildman–Crippen LogP) is -5.41. The predicted molar refractivity (Wildman–Crippen MR) is 239 cm³/mol. The summed E-state index contributed by atoms with van der Waals surface area (Å²) in [6.07, 6.45) is -2.37. The molecule has 0 aliphatic carbocycles. The lowest BCUT2D eigenvalue weighted by molar-refractivity contribution is -0.143. The highest BCUT2D eigenvalue weighted by molar-refractivity contribution is 5.98. The zero-order chi connectivity index (χ0) is 51.7. The van der Waals surface area contributed by atoms with Crippen LogP contribution in [0, 0.1) is 17.8 Å². The van der Waals surface area contributed by atoms with Gasteiger partial charge < -0.3 is 81.2 Å². The van der Waals surface area contributed by atoms with Gasteiger partial charge in [-0.2, -0.15) is 0 Å². The molecule has 0 rings (SSSR count). The van der Waals surface area contributed by atoms with Crippen molar-refractivity contribution in [1.82, 2.24) is 37.2 Å². The number of aliphatic hydroxyl groups is 1. The summed E-state index contributed by atoms with van der Waals surface area (Å²) in [5.41, 5.74) is 27.1. The average molecular weight is 958 g/mol. The molecule has 0 aliphatic rings. The standard InChI is InChI=1S/C40H71N13O14/c1-7-20(6)30(43)37(64)50-25(16-29(57)58)35(62)48-21(10-12-27(41)55)32(59)47-22(11-13-28(42)56)33(60)53-31(19(4)5)38(65)51-24(15-18(2)3)34(61)52-26(17-54)36(63)49-23(39(66)67)9-8-14-46-40(44)45/h18-26,30-31,54H,7-17,43H2,1-6H3,(H2,41,55)(H2,42,56)(H,47,59)(H,48,62)(H,49,63)(H,50,64)(H,51,65)(H,52,61)(H,53,60)(H,57,58)(H,66,67)(H4,44,45,46)/t20-,21-,22-,23-,24-,25-,26-,30-,31-/m0/s1. The number of guanidine groups is 1. The highest BCUT2D eigenvalue weighted by Crippen LogP contribution is 2.12. The van der Waals surface area contributed by atoms with E-state index < -0.39 is 158 Å². The number of aliphatic imine (C=N–C) groups is 1. The first kappa shape index (κ1) is 60.4. The maximum Gasteiger partial charge on any atom is 0.326 e. The van der Waals surface area contributed by atoms with Crippen LogP contribution < -0.4 is 65.9 Å². The van der Waals surface area contributed by atoms with E-state index in [9.17, 15) is 68.1 Å². The number of carbonyl (C=O) groups is 11. The second-order valence-electron chi connectivity index (χ2n) is 16.7. The first-order valence-electron chi connectivity index (χ1n) is 21.7. The van der Waals surface area contributed by atoms with Gasteiger partial charge in [-0.05, 0) is 49.9 Å². The quantitative estimate of drug-likeness (QED) is 0.0166. The summed E-state index contributed by atoms with van der Waals surface area (Å²) in [6, 6.07) is -12.1. The minimum Gasteiger partial charge on any atom is -0.481 e. The molecule has 67 heavy (non-hydrogen) atoms. The fourth-order valence-electron chi connectivity index (χ4n) is 6.07. The Morgan fingerprint density at radius 3 is 1.42 bits per heavy atom. The van der Waals surface area contributed by atoms with E-state index in [1.165, 1.54) is 13.8 Å². The van der Waals surface area contributed by atoms with Crippen LogP contribution in [0.4, 0.5) is 0 Å². The van der Waals surface area contributed by atoms with E-state index in [0.29, 0.717) is 6.42 Å². The Morgan fingerprint density at radius 1 is 0.552 bits per heavy atom. The summed E-state index contributed by atoms with van der Waals surface area (Å²) in [5, 5.41) is 45.5. The zero-order valence-electron chi connectivity index (χ0n) is 38.8. The van der Waals surface area contributed by atoms with Crippen molar-refractivity contribution < 1.29 is 68.1 Å². The molecule has 380 valence electrons. The van der Waals surface area contributed by atoms with E-state index in [0.717, 1.165) is 0 Å². The minimum absolute atomic E-state index is 0.0317. The Balaban J connectivity index is 6.46. The number of carboxylic acid groups (broad SMARTS) is 2. The number of carbonyl (C=O) groups excluding carboxylic acids is 9. The van der Waals surface area contributed by atoms with Crippen molar-refractivity contribution in [3.8, 4) is 0 Å². The molecule has 27 heteroatoms. The summed E-state index contributed by atoms with van der Waals surface area (Å²) in [4.78, 5) is 145. The average Bonchev–Trinajstić information content (AvgIpc) is 3.23. The molecule has 20 N–H and O–H groups in total. The molecule has 0 aromatic rings. The lowest BCUT2D eigenvalue weighted by Gasteiger charge is -2.29. The highest BCUT2D eigenvalue weighted by atomic mass is 16.4. The molecule has 0 fully saturated rings. The van der Waals surface area contributed by atoms with Gasteiger partial charge in [0, 0.05) is 19.4 Å². The number of carboxylic acids is 2. The van der Waals surface area contributed by atoms with Gasteiger partial charge in [0.25, 0.3) is 0 Å². The van der Waals surface area contributed by atoms with E-state index in [2.05, 4.69) is 42.2 Å². The second kappa shape index (κ2) is 30.5. The summed E-state index contributed by atoms with van der Waals surface area (Å²) in [6.45, 7) is 8.98. The number of aliphatic carboxylic acids is 2. The third kappa shape index (κ3) is 23.9. The molecule has 0 heterocycles. The van der Waals surface area contributed by atoms with Gasteiger partial charge in [0.2, 0.25) is 53.2 Å². The number of nitrogens with one attached hydrogen (secondary N) is 7. The van der Waals surface area contributed by atoms with Crippen LogP contribution in [-0.4, -0.2) is 148 Å². The van der Waals surface area contributed by atoms with Crippen molar-refractivity contribution in [2.24, 2.45) is 51.4 Å². The SMILES string of the molecule is CC[C@H](C)[C@H](N)C(=O)N[C@@H](CC(=O)O)C(=O)N[C@@H](CCC(N)=O)C(=O)N[C@@H](CCC(N)=O)C(=O)N[C@H](C(=O)N[C@@H](CC(C)C)C(=O)N[C@@H](CO)C(=O)N[C@@H](CCCN=C(N)N)C(=O)O)C(C)C. The Morgan fingerprint density at radius 2 is 0.985 bits per heavy atom. The van der Waals surface area contributed by atoms with Crippen LogP contribution in [0.15, 0.2) is 4.99 Å². The van der Waals surface area contributed by atoms with Gasteiger partial charge in [-0.15, -0.1) is 0 Å². The van der Waals surface area contributed by atoms with Gasteiger partial charge in [0.05, 0.1) is 19.1 Å². The molecule has 0 radical (unpaired) electrons. The van der Waals surface area contributed by atoms with Crippen molar-refractivity contribution in [2.45, 2.75) is 148 Å². The van der Waals surface area contributed by atoms with Crippen LogP contribution in [-0.2, 0) is 52.7 Å². The summed E-state index contributed by atoms with van der Waals surface area (Å²) in [5.74, 6) is -13.4. The smallest absolute Gasteiger partial charge is 0.326 e. The maximum atomic E-state index is 13.9. The minimum atomic E-state index is -1.75. The molecule has 27 nitrogen and oxygen atoms in total. The van der Waals surface area contributed by atoms with Crippen LogP contribution in [0.25, 0.3) is 0 Å². The molecule has 0 aliphatic heterocycles. The number of primary amides is 2. The number of aliphatic hydroxyl groups excluding tert-OH is 1. The van der Waals surface area contributed by atoms with Crippen molar-refractivity contribution >= 4 is 71.1 Å². The zero-order valence-corrected chi connectivity index (χ0v) is 38.8. The van der Waals surface area contributed by atoms with Gasteiger partial charge >= 0.3 is 11.9 Å². The second-order valence-corrected chi connectivity index (χ2v) is 16.7. The summed E-state index contributed by atoms with van der Waals surface area (Å²) < 4.78 is 0. The van der Waals surface area contributed by atoms with Crippen LogP contribution >= 0.6 is 0 Å². The fourth-order valence-corrected chi connectivity index (χ4v) is 6.07. The van der Waals surface area contributed by atoms with Crippen molar-refractivity contribution in [1.29, 1.82) is 0 Å². The van der Waals surface area contributed by atoms with Crippen molar-refractivity contribution in [2.75, 3.05) is 13.2 Å². The number of hydrogen-bond acceptors (Lipinski definition) is 14. The van der Waals surface area contributed by atoms with Crippen LogP contribution in [0.2, 0.25) is 0 Å². The summed E-state index contributed by atoms with van der Waals surface area (Å²) >= 11 is 0. The maximum absolute atomic E-state index is 13.9. The number of hydrogen-bond donors (Lipinski definition) is 15. The van der Waals surface area contributed by atoms with Crippen LogP contribution in [0.5, 0.6) is 0 Å². The normalized spacial score (nSPS) is 15.1. The van der Waals surface area contributed by atoms with Gasteiger partial charge in [0.15, 0.2) is 5.96 Å². The first-order chi connectivity index (χ1) is 31.1. The molecule has 9 atom stereocenters. The third-order valence-corrected chi connectivity index (χ3v) is 10.2. The Hall–Kier alpha value is -6.64. The van der Waals surface area contributed by atoms with Crippen LogP contribution in [0.1, 0.15) is 99.3 Å². The van der Waals surface area contributed by atoms with E-state index in [1.54, 1.807) is 27.7 Å². The molecular weight excluding hydrogens is 887 g/mol.